The van der Waals surface area contributed by atoms with E-state index in [1.807, 2.05) is 19.1 Å². The van der Waals surface area contributed by atoms with Gasteiger partial charge in [-0.2, -0.15) is 0 Å². The highest BCUT2D eigenvalue weighted by molar-refractivity contribution is 7.18. The fourth-order valence-electron chi connectivity index (χ4n) is 3.09. The maximum absolute atomic E-state index is 13.8. The van der Waals surface area contributed by atoms with E-state index >= 15 is 0 Å². The summed E-state index contributed by atoms with van der Waals surface area (Å²) >= 11 is 1.70. The molecule has 1 aromatic heterocycles. The number of halogens is 1. The van der Waals surface area contributed by atoms with Crippen LogP contribution in [0.5, 0.6) is 0 Å². The van der Waals surface area contributed by atoms with Gasteiger partial charge in [-0.1, -0.05) is 12.1 Å². The summed E-state index contributed by atoms with van der Waals surface area (Å²) in [5, 5.41) is 4.62. The van der Waals surface area contributed by atoms with Gasteiger partial charge < -0.3 is 5.32 Å². The van der Waals surface area contributed by atoms with Crippen LogP contribution >= 0.6 is 11.3 Å². The Labute approximate surface area is 126 Å². The molecule has 106 valence electrons. The van der Waals surface area contributed by atoms with Gasteiger partial charge in [-0.15, -0.1) is 11.3 Å². The van der Waals surface area contributed by atoms with Crippen molar-refractivity contribution in [3.63, 3.8) is 0 Å². The van der Waals surface area contributed by atoms with Gasteiger partial charge in [0.2, 0.25) is 0 Å². The maximum Gasteiger partial charge on any atom is 0.126 e. The van der Waals surface area contributed by atoms with Crippen LogP contribution in [0.15, 0.2) is 36.4 Å². The van der Waals surface area contributed by atoms with Gasteiger partial charge in [-0.05, 0) is 55.2 Å². The van der Waals surface area contributed by atoms with Crippen LogP contribution < -0.4 is 5.32 Å². The fraction of sp³-hybridized carbons (Fsp3) is 0.235. The monoisotopic (exact) mass is 298 g/mol. The highest BCUT2D eigenvalue weighted by Gasteiger charge is 2.24. The number of aryl methyl sites for hydroxylation is 1. The van der Waals surface area contributed by atoms with E-state index in [9.17, 15) is 4.39 Å². The van der Waals surface area contributed by atoms with Crippen LogP contribution in [0.3, 0.4) is 0 Å². The summed E-state index contributed by atoms with van der Waals surface area (Å²) in [7, 11) is 0. The molecule has 0 saturated heterocycles. The van der Waals surface area contributed by atoms with Crippen molar-refractivity contribution in [2.24, 2.45) is 0 Å². The summed E-state index contributed by atoms with van der Waals surface area (Å²) in [5.41, 5.74) is 4.08. The third-order valence-corrected chi connectivity index (χ3v) is 4.98. The van der Waals surface area contributed by atoms with Gasteiger partial charge in [-0.3, -0.25) is 0 Å². The van der Waals surface area contributed by atoms with E-state index in [1.165, 1.54) is 4.70 Å². The van der Waals surface area contributed by atoms with Gasteiger partial charge in [0.25, 0.3) is 0 Å². The first-order chi connectivity index (χ1) is 10.2. The molecule has 2 aromatic carbocycles. The molecule has 1 aliphatic rings. The largest absolute Gasteiger partial charge is 0.378 e. The predicted molar refractivity (Wildman–Crippen MR) is 85.4 cm³/mol. The van der Waals surface area contributed by atoms with Crippen molar-refractivity contribution in [2.75, 3.05) is 5.32 Å². The number of nitrogens with one attached hydrogen (secondary N) is 1. The molecule has 4 rings (SSSR count). The van der Waals surface area contributed by atoms with Crippen molar-refractivity contribution in [1.82, 2.24) is 4.98 Å². The third-order valence-electron chi connectivity index (χ3n) is 4.05. The number of aromatic nitrogens is 1. The average molecular weight is 298 g/mol. The molecule has 0 saturated carbocycles. The summed E-state index contributed by atoms with van der Waals surface area (Å²) in [4.78, 5) is 4.47. The molecule has 1 heterocycles. The van der Waals surface area contributed by atoms with E-state index in [-0.39, 0.29) is 11.9 Å². The number of benzene rings is 2. The van der Waals surface area contributed by atoms with Crippen LogP contribution in [0, 0.1) is 12.7 Å². The zero-order valence-corrected chi connectivity index (χ0v) is 12.5. The summed E-state index contributed by atoms with van der Waals surface area (Å²) in [5.74, 6) is -0.0784. The van der Waals surface area contributed by atoms with E-state index in [4.69, 9.17) is 0 Å². The average Bonchev–Trinajstić information content (AvgIpc) is 3.02. The zero-order chi connectivity index (χ0) is 14.4. The minimum absolute atomic E-state index is 0.0784. The Kier molecular flexibility index (Phi) is 2.93. The Morgan fingerprint density at radius 1 is 1.29 bits per heavy atom. The van der Waals surface area contributed by atoms with Gasteiger partial charge in [0.1, 0.15) is 5.82 Å². The lowest BCUT2D eigenvalue weighted by molar-refractivity contribution is 0.612. The molecule has 2 nitrogen and oxygen atoms in total. The highest BCUT2D eigenvalue weighted by atomic mass is 32.1. The third kappa shape index (κ3) is 2.20. The molecule has 1 atom stereocenters. The summed E-state index contributed by atoms with van der Waals surface area (Å²) in [6.45, 7) is 2.02. The van der Waals surface area contributed by atoms with Gasteiger partial charge in [0.05, 0.1) is 21.3 Å². The smallest absolute Gasteiger partial charge is 0.126 e. The Hall–Kier alpha value is -1.94. The first kappa shape index (κ1) is 12.8. The van der Waals surface area contributed by atoms with Gasteiger partial charge >= 0.3 is 0 Å². The van der Waals surface area contributed by atoms with Crippen LogP contribution in [0.1, 0.15) is 28.6 Å². The highest BCUT2D eigenvalue weighted by Crippen LogP contribution is 2.36. The van der Waals surface area contributed by atoms with E-state index in [0.717, 1.165) is 40.2 Å². The number of anilines is 1. The number of thiazole rings is 1. The summed E-state index contributed by atoms with van der Waals surface area (Å²) in [6.07, 6.45) is 1.75. The number of rotatable bonds is 2. The molecular formula is C17H15FN2S. The lowest BCUT2D eigenvalue weighted by atomic mass is 10.1. The van der Waals surface area contributed by atoms with Gasteiger partial charge in [0, 0.05) is 5.69 Å². The summed E-state index contributed by atoms with van der Waals surface area (Å²) in [6, 6.07) is 11.8. The normalized spacial score (nSPS) is 17.1. The second kappa shape index (κ2) is 4.81. The van der Waals surface area contributed by atoms with Crippen molar-refractivity contribution >= 4 is 27.2 Å². The van der Waals surface area contributed by atoms with Crippen molar-refractivity contribution < 1.29 is 4.39 Å². The molecule has 0 amide bonds. The number of fused-ring (bicyclic) bond motifs is 2. The number of hydrogen-bond acceptors (Lipinski definition) is 3. The number of hydrogen-bond donors (Lipinski definition) is 1. The topological polar surface area (TPSA) is 24.9 Å². The van der Waals surface area contributed by atoms with Crippen LogP contribution in [-0.4, -0.2) is 4.98 Å². The molecule has 4 heteroatoms. The quantitative estimate of drug-likeness (QED) is 0.732. The lowest BCUT2D eigenvalue weighted by Gasteiger charge is -2.15. The zero-order valence-electron chi connectivity index (χ0n) is 11.7. The second-order valence-corrected chi connectivity index (χ2v) is 6.69. The molecule has 3 aromatic rings. The molecule has 1 unspecified atom stereocenters. The first-order valence-electron chi connectivity index (χ1n) is 7.12. The fourth-order valence-corrected chi connectivity index (χ4v) is 3.96. The van der Waals surface area contributed by atoms with Crippen LogP contribution in [0.4, 0.5) is 10.1 Å². The molecule has 0 bridgehead atoms. The molecule has 0 fully saturated rings. The molecular weight excluding hydrogens is 283 g/mol. The van der Waals surface area contributed by atoms with E-state index in [2.05, 4.69) is 22.4 Å². The molecule has 1 aliphatic carbocycles. The van der Waals surface area contributed by atoms with Crippen molar-refractivity contribution in [1.29, 1.82) is 0 Å². The second-order valence-electron chi connectivity index (χ2n) is 5.46. The molecule has 0 radical (unpaired) electrons. The maximum atomic E-state index is 13.8. The van der Waals surface area contributed by atoms with Gasteiger partial charge in [0.15, 0.2) is 0 Å². The molecule has 0 spiro atoms. The van der Waals surface area contributed by atoms with E-state index in [0.29, 0.717) is 0 Å². The Morgan fingerprint density at radius 3 is 3.10 bits per heavy atom. The van der Waals surface area contributed by atoms with E-state index in [1.54, 1.807) is 23.5 Å². The summed E-state index contributed by atoms with van der Waals surface area (Å²) < 4.78 is 15.0. The van der Waals surface area contributed by atoms with Crippen molar-refractivity contribution in [2.45, 2.75) is 25.8 Å². The number of nitrogens with zero attached hydrogens (tertiary/aromatic N) is 1. The molecule has 21 heavy (non-hydrogen) atoms. The van der Waals surface area contributed by atoms with Crippen LogP contribution in [-0.2, 0) is 6.42 Å². The predicted octanol–water partition coefficient (Wildman–Crippen LogP) is 4.84. The minimum atomic E-state index is -0.0784. The van der Waals surface area contributed by atoms with Crippen LogP contribution in [0.25, 0.3) is 10.2 Å². The van der Waals surface area contributed by atoms with Crippen molar-refractivity contribution in [3.05, 3.63) is 58.3 Å². The minimum Gasteiger partial charge on any atom is -0.378 e. The molecule has 0 aliphatic heterocycles. The van der Waals surface area contributed by atoms with Gasteiger partial charge in [-0.25, -0.2) is 9.37 Å². The first-order valence-corrected chi connectivity index (χ1v) is 7.93. The Balaban J connectivity index is 1.65. The van der Waals surface area contributed by atoms with E-state index < -0.39 is 0 Å². The van der Waals surface area contributed by atoms with Crippen molar-refractivity contribution in [3.8, 4) is 0 Å². The Morgan fingerprint density at radius 2 is 2.19 bits per heavy atom. The Bertz CT molecular complexity index is 825. The SMILES string of the molecule is Cc1nc2ccc(NC3CCc4c(F)cccc43)cc2s1. The lowest BCUT2D eigenvalue weighted by Crippen LogP contribution is -2.06. The standard InChI is InChI=1S/C17H15FN2S/c1-10-19-16-7-5-11(9-17(16)21-10)20-15-8-6-12-13(15)3-2-4-14(12)18/h2-5,7,9,15,20H,6,8H2,1H3. The van der Waals surface area contributed by atoms with Crippen LogP contribution in [0.2, 0.25) is 0 Å². The molecule has 1 N–H and O–H groups in total.